The average Bonchev–Trinajstić information content (AvgIpc) is 2.67. The molecular weight excluding hydrogens is 294 g/mol. The van der Waals surface area contributed by atoms with E-state index in [1.54, 1.807) is 0 Å². The lowest BCUT2D eigenvalue weighted by molar-refractivity contribution is 0.0150. The summed E-state index contributed by atoms with van der Waals surface area (Å²) in [7, 11) is 0. The fourth-order valence-electron chi connectivity index (χ4n) is 2.60. The van der Waals surface area contributed by atoms with Crippen molar-refractivity contribution < 1.29 is 5.11 Å². The summed E-state index contributed by atoms with van der Waals surface area (Å²) in [6.07, 6.45) is 3.48. The molecular formula is C13H22BrN3O. The molecule has 1 aliphatic heterocycles. The van der Waals surface area contributed by atoms with Gasteiger partial charge in [0, 0.05) is 19.5 Å². The van der Waals surface area contributed by atoms with E-state index in [9.17, 15) is 5.11 Å². The van der Waals surface area contributed by atoms with Crippen LogP contribution in [0.25, 0.3) is 0 Å². The second-order valence-electron chi connectivity index (χ2n) is 5.06. The van der Waals surface area contributed by atoms with Crippen molar-refractivity contribution >= 4 is 15.9 Å². The first-order chi connectivity index (χ1) is 8.59. The third-order valence-corrected chi connectivity index (χ3v) is 4.56. The van der Waals surface area contributed by atoms with Gasteiger partial charge in [0.25, 0.3) is 0 Å². The Bertz CT molecular complexity index is 411. The maximum absolute atomic E-state index is 10.6. The molecule has 2 heterocycles. The molecule has 1 aliphatic rings. The minimum Gasteiger partial charge on any atom is -0.388 e. The first-order valence-electron chi connectivity index (χ1n) is 6.77. The lowest BCUT2D eigenvalue weighted by Gasteiger charge is -2.32. The van der Waals surface area contributed by atoms with Gasteiger partial charge >= 0.3 is 0 Å². The van der Waals surface area contributed by atoms with Crippen LogP contribution in [-0.2, 0) is 19.4 Å². The van der Waals surface area contributed by atoms with Gasteiger partial charge in [0.15, 0.2) is 0 Å². The largest absolute Gasteiger partial charge is 0.388 e. The highest BCUT2D eigenvalue weighted by Crippen LogP contribution is 2.28. The van der Waals surface area contributed by atoms with Crippen LogP contribution >= 0.6 is 15.9 Å². The summed E-state index contributed by atoms with van der Waals surface area (Å²) in [4.78, 5) is 0. The number of nitrogens with zero attached hydrogens (tertiary/aromatic N) is 2. The molecule has 4 nitrogen and oxygen atoms in total. The van der Waals surface area contributed by atoms with Gasteiger partial charge in [-0.3, -0.25) is 4.68 Å². The first-order valence-corrected chi connectivity index (χ1v) is 7.56. The van der Waals surface area contributed by atoms with E-state index in [1.807, 2.05) is 4.68 Å². The van der Waals surface area contributed by atoms with Gasteiger partial charge < -0.3 is 10.4 Å². The molecule has 0 radical (unpaired) electrons. The molecule has 0 bridgehead atoms. The van der Waals surface area contributed by atoms with Crippen LogP contribution in [0, 0.1) is 0 Å². The van der Waals surface area contributed by atoms with Crippen LogP contribution in [-0.4, -0.2) is 33.6 Å². The van der Waals surface area contributed by atoms with Crippen molar-refractivity contribution in [3.63, 3.8) is 0 Å². The zero-order valence-electron chi connectivity index (χ0n) is 11.2. The van der Waals surface area contributed by atoms with E-state index in [4.69, 9.17) is 0 Å². The molecule has 0 amide bonds. The van der Waals surface area contributed by atoms with Crippen molar-refractivity contribution in [1.29, 1.82) is 0 Å². The van der Waals surface area contributed by atoms with Crippen LogP contribution in [0.2, 0.25) is 0 Å². The van der Waals surface area contributed by atoms with Gasteiger partial charge in [-0.25, -0.2) is 0 Å². The molecule has 0 aromatic carbocycles. The molecule has 1 unspecified atom stereocenters. The Hall–Kier alpha value is -0.390. The Morgan fingerprint density at radius 1 is 1.50 bits per heavy atom. The molecule has 0 saturated carbocycles. The monoisotopic (exact) mass is 315 g/mol. The number of halogens is 1. The van der Waals surface area contributed by atoms with E-state index >= 15 is 0 Å². The highest BCUT2D eigenvalue weighted by Gasteiger charge is 2.32. The third kappa shape index (κ3) is 2.78. The normalized spacial score (nSPS) is 24.4. The van der Waals surface area contributed by atoms with Crippen LogP contribution in [0.5, 0.6) is 0 Å². The van der Waals surface area contributed by atoms with Crippen molar-refractivity contribution in [3.8, 4) is 0 Å². The molecule has 1 fully saturated rings. The fourth-order valence-corrected chi connectivity index (χ4v) is 3.31. The van der Waals surface area contributed by atoms with E-state index in [0.29, 0.717) is 13.0 Å². The minimum atomic E-state index is -0.626. The first kappa shape index (κ1) is 14.0. The second kappa shape index (κ2) is 5.72. The number of nitrogens with one attached hydrogen (secondary N) is 1. The molecule has 2 rings (SSSR count). The zero-order chi connectivity index (χ0) is 13.2. The molecule has 1 aromatic heterocycles. The van der Waals surface area contributed by atoms with Crippen molar-refractivity contribution in [2.45, 2.75) is 51.7 Å². The summed E-state index contributed by atoms with van der Waals surface area (Å²) in [6, 6.07) is 0. The maximum atomic E-state index is 10.6. The van der Waals surface area contributed by atoms with Crippen molar-refractivity contribution in [2.75, 3.05) is 13.1 Å². The Morgan fingerprint density at radius 2 is 2.28 bits per heavy atom. The average molecular weight is 316 g/mol. The molecule has 1 atom stereocenters. The number of β-amino-alcohol motifs (C(OH)–C–C–N with tert-alkyl or cyclic N) is 1. The van der Waals surface area contributed by atoms with Crippen molar-refractivity contribution in [3.05, 3.63) is 15.9 Å². The lowest BCUT2D eigenvalue weighted by Crippen LogP contribution is -2.47. The number of aliphatic hydroxyl groups is 1. The second-order valence-corrected chi connectivity index (χ2v) is 5.85. The van der Waals surface area contributed by atoms with Crippen molar-refractivity contribution in [1.82, 2.24) is 15.1 Å². The van der Waals surface area contributed by atoms with Crippen molar-refractivity contribution in [2.24, 2.45) is 0 Å². The quantitative estimate of drug-likeness (QED) is 0.892. The van der Waals surface area contributed by atoms with Gasteiger partial charge in [0.2, 0.25) is 0 Å². The number of hydrogen-bond donors (Lipinski definition) is 2. The topological polar surface area (TPSA) is 50.1 Å². The van der Waals surface area contributed by atoms with Crippen LogP contribution in [0.1, 0.15) is 38.1 Å². The number of piperidine rings is 1. The minimum absolute atomic E-state index is 0.626. The van der Waals surface area contributed by atoms with Crippen LogP contribution < -0.4 is 5.32 Å². The lowest BCUT2D eigenvalue weighted by atomic mass is 9.89. The fraction of sp³-hybridized carbons (Fsp3) is 0.769. The Morgan fingerprint density at radius 3 is 2.83 bits per heavy atom. The SMILES string of the molecule is CCc1nn(CC)c(CC2(O)CCCNC2)c1Br. The van der Waals surface area contributed by atoms with Gasteiger partial charge in [-0.15, -0.1) is 0 Å². The number of aryl methyl sites for hydroxylation is 2. The summed E-state index contributed by atoms with van der Waals surface area (Å²) in [5.74, 6) is 0. The van der Waals surface area contributed by atoms with E-state index in [2.05, 4.69) is 40.2 Å². The van der Waals surface area contributed by atoms with Crippen LogP contribution in [0.3, 0.4) is 0 Å². The maximum Gasteiger partial charge on any atom is 0.0827 e. The van der Waals surface area contributed by atoms with E-state index < -0.39 is 5.60 Å². The molecule has 1 saturated heterocycles. The Kier molecular flexibility index (Phi) is 4.45. The van der Waals surface area contributed by atoms with Gasteiger partial charge in [-0.05, 0) is 48.7 Å². The van der Waals surface area contributed by atoms with Crippen LogP contribution in [0.15, 0.2) is 4.47 Å². The summed E-state index contributed by atoms with van der Waals surface area (Å²) in [6.45, 7) is 6.73. The van der Waals surface area contributed by atoms with Crippen LogP contribution in [0.4, 0.5) is 0 Å². The highest BCUT2D eigenvalue weighted by atomic mass is 79.9. The molecule has 18 heavy (non-hydrogen) atoms. The van der Waals surface area contributed by atoms with E-state index in [1.165, 1.54) is 0 Å². The molecule has 5 heteroatoms. The number of hydrogen-bond acceptors (Lipinski definition) is 3. The number of aromatic nitrogens is 2. The van der Waals surface area contributed by atoms with Gasteiger partial charge in [0.05, 0.1) is 21.5 Å². The third-order valence-electron chi connectivity index (χ3n) is 3.64. The predicted octanol–water partition coefficient (Wildman–Crippen LogP) is 1.88. The smallest absolute Gasteiger partial charge is 0.0827 e. The molecule has 1 aromatic rings. The molecule has 0 aliphatic carbocycles. The summed E-state index contributed by atoms with van der Waals surface area (Å²) in [5.41, 5.74) is 1.58. The van der Waals surface area contributed by atoms with E-state index in [-0.39, 0.29) is 0 Å². The molecule has 102 valence electrons. The van der Waals surface area contributed by atoms with E-state index in [0.717, 1.165) is 48.2 Å². The predicted molar refractivity (Wildman–Crippen MR) is 75.7 cm³/mol. The summed E-state index contributed by atoms with van der Waals surface area (Å²) < 4.78 is 3.08. The molecule has 2 N–H and O–H groups in total. The Balaban J connectivity index is 2.24. The summed E-state index contributed by atoms with van der Waals surface area (Å²) >= 11 is 3.64. The highest BCUT2D eigenvalue weighted by molar-refractivity contribution is 9.10. The van der Waals surface area contributed by atoms with Gasteiger partial charge in [-0.2, -0.15) is 5.10 Å². The number of rotatable bonds is 4. The molecule has 0 spiro atoms. The van der Waals surface area contributed by atoms with Gasteiger partial charge in [-0.1, -0.05) is 6.92 Å². The van der Waals surface area contributed by atoms with Gasteiger partial charge in [0.1, 0.15) is 0 Å². The zero-order valence-corrected chi connectivity index (χ0v) is 12.8. The Labute approximate surface area is 117 Å². The standard InChI is InChI=1S/C13H22BrN3O/c1-3-10-12(14)11(17(4-2)16-10)8-13(18)6-5-7-15-9-13/h15,18H,3-9H2,1-2H3. The summed E-state index contributed by atoms with van der Waals surface area (Å²) in [5, 5.41) is 18.5.